The first kappa shape index (κ1) is 13.5. The van der Waals surface area contributed by atoms with E-state index in [0.717, 1.165) is 12.5 Å². The Kier molecular flexibility index (Phi) is 4.46. The summed E-state index contributed by atoms with van der Waals surface area (Å²) in [5.41, 5.74) is 8.97. The van der Waals surface area contributed by atoms with E-state index in [4.69, 9.17) is 5.73 Å². The summed E-state index contributed by atoms with van der Waals surface area (Å²) in [7, 11) is 0. The quantitative estimate of drug-likeness (QED) is 0.916. The Morgan fingerprint density at radius 1 is 1.16 bits per heavy atom. The highest BCUT2D eigenvalue weighted by molar-refractivity contribution is 7.99. The predicted octanol–water partition coefficient (Wildman–Crippen LogP) is 3.00. The smallest absolute Gasteiger partial charge is 0.0470 e. The van der Waals surface area contributed by atoms with Crippen LogP contribution in [-0.4, -0.2) is 36.0 Å². The molecule has 0 aromatic heterocycles. The number of nitrogens with two attached hydrogens (primary N) is 1. The molecule has 1 saturated heterocycles. The molecule has 0 amide bonds. The Balaban J connectivity index is 1.72. The minimum atomic E-state index is 0.409. The molecule has 2 fully saturated rings. The zero-order valence-electron chi connectivity index (χ0n) is 11.6. The first-order valence-corrected chi connectivity index (χ1v) is 8.65. The van der Waals surface area contributed by atoms with Crippen LogP contribution in [0.5, 0.6) is 0 Å². The molecule has 1 heterocycles. The molecule has 19 heavy (non-hydrogen) atoms. The van der Waals surface area contributed by atoms with Gasteiger partial charge in [0.1, 0.15) is 0 Å². The minimum Gasteiger partial charge on any atom is -0.329 e. The Morgan fingerprint density at radius 3 is 2.63 bits per heavy atom. The highest BCUT2D eigenvalue weighted by Crippen LogP contribution is 2.40. The lowest BCUT2D eigenvalue weighted by Crippen LogP contribution is -2.35. The molecule has 1 aliphatic carbocycles. The maximum atomic E-state index is 6.05. The van der Waals surface area contributed by atoms with Gasteiger partial charge < -0.3 is 5.73 Å². The van der Waals surface area contributed by atoms with Gasteiger partial charge in [0.2, 0.25) is 0 Å². The zero-order chi connectivity index (χ0) is 13.1. The molecule has 1 aromatic carbocycles. The lowest BCUT2D eigenvalue weighted by molar-refractivity contribution is 0.218. The van der Waals surface area contributed by atoms with E-state index < -0.39 is 0 Å². The molecule has 2 N–H and O–H groups in total. The van der Waals surface area contributed by atoms with Gasteiger partial charge in [0.05, 0.1) is 0 Å². The molecular formula is C16H24N2S. The summed E-state index contributed by atoms with van der Waals surface area (Å²) < 4.78 is 0. The van der Waals surface area contributed by atoms with Gasteiger partial charge in [0.25, 0.3) is 0 Å². The van der Waals surface area contributed by atoms with Crippen molar-refractivity contribution in [1.82, 2.24) is 4.90 Å². The van der Waals surface area contributed by atoms with Crippen LogP contribution in [0.1, 0.15) is 42.3 Å². The highest BCUT2D eigenvalue weighted by Gasteiger charge is 2.24. The highest BCUT2D eigenvalue weighted by atomic mass is 32.2. The molecule has 1 aromatic rings. The Bertz CT molecular complexity index is 392. The van der Waals surface area contributed by atoms with E-state index in [1.54, 1.807) is 0 Å². The van der Waals surface area contributed by atoms with Crippen LogP contribution in [0.4, 0.5) is 0 Å². The summed E-state index contributed by atoms with van der Waals surface area (Å²) >= 11 is 2.07. The maximum absolute atomic E-state index is 6.05. The van der Waals surface area contributed by atoms with Crippen LogP contribution < -0.4 is 5.73 Å². The lowest BCUT2D eigenvalue weighted by Gasteiger charge is -2.30. The Labute approximate surface area is 120 Å². The standard InChI is InChI=1S/C16H24N2S/c17-12-16(18-8-1-10-19-11-9-18)15-6-4-14(5-7-15)13-2-3-13/h4-7,13,16H,1-3,8-12,17H2. The van der Waals surface area contributed by atoms with E-state index in [9.17, 15) is 0 Å². The number of hydrogen-bond donors (Lipinski definition) is 1. The molecular weight excluding hydrogens is 252 g/mol. The maximum Gasteiger partial charge on any atom is 0.0470 e. The summed E-state index contributed by atoms with van der Waals surface area (Å²) in [5, 5.41) is 0. The van der Waals surface area contributed by atoms with Crippen molar-refractivity contribution in [3.05, 3.63) is 35.4 Å². The monoisotopic (exact) mass is 276 g/mol. The average Bonchev–Trinajstić information content (AvgIpc) is 3.28. The van der Waals surface area contributed by atoms with E-state index in [-0.39, 0.29) is 0 Å². The summed E-state index contributed by atoms with van der Waals surface area (Å²) in [4.78, 5) is 2.58. The summed E-state index contributed by atoms with van der Waals surface area (Å²) in [6.07, 6.45) is 4.05. The van der Waals surface area contributed by atoms with Gasteiger partial charge in [-0.25, -0.2) is 0 Å². The molecule has 1 atom stereocenters. The second-order valence-electron chi connectivity index (χ2n) is 5.69. The first-order valence-electron chi connectivity index (χ1n) is 7.50. The van der Waals surface area contributed by atoms with Crippen LogP contribution >= 0.6 is 11.8 Å². The van der Waals surface area contributed by atoms with Gasteiger partial charge in [-0.05, 0) is 48.6 Å². The zero-order valence-corrected chi connectivity index (χ0v) is 12.4. The Morgan fingerprint density at radius 2 is 1.95 bits per heavy atom. The molecule has 2 nitrogen and oxygen atoms in total. The molecule has 2 aliphatic rings. The van der Waals surface area contributed by atoms with E-state index in [0.29, 0.717) is 6.04 Å². The molecule has 0 radical (unpaired) electrons. The number of nitrogens with zero attached hydrogens (tertiary/aromatic N) is 1. The van der Waals surface area contributed by atoms with Gasteiger partial charge in [-0.1, -0.05) is 24.3 Å². The largest absolute Gasteiger partial charge is 0.329 e. The predicted molar refractivity (Wildman–Crippen MR) is 83.7 cm³/mol. The van der Waals surface area contributed by atoms with Crippen molar-refractivity contribution in [2.75, 3.05) is 31.1 Å². The van der Waals surface area contributed by atoms with E-state index in [1.165, 1.54) is 55.0 Å². The van der Waals surface area contributed by atoms with Crippen LogP contribution in [0, 0.1) is 0 Å². The minimum absolute atomic E-state index is 0.409. The number of benzene rings is 1. The molecule has 3 rings (SSSR count). The van der Waals surface area contributed by atoms with Crippen LogP contribution in [0.15, 0.2) is 24.3 Å². The molecule has 3 heteroatoms. The third-order valence-corrected chi connectivity index (χ3v) is 5.34. The molecule has 1 unspecified atom stereocenters. The second-order valence-corrected chi connectivity index (χ2v) is 6.92. The van der Waals surface area contributed by atoms with Gasteiger partial charge >= 0.3 is 0 Å². The molecule has 1 saturated carbocycles. The third kappa shape index (κ3) is 3.33. The van der Waals surface area contributed by atoms with Crippen LogP contribution in [-0.2, 0) is 0 Å². The molecule has 0 bridgehead atoms. The number of hydrogen-bond acceptors (Lipinski definition) is 3. The van der Waals surface area contributed by atoms with E-state index in [1.807, 2.05) is 0 Å². The van der Waals surface area contributed by atoms with Gasteiger partial charge in [-0.2, -0.15) is 11.8 Å². The fraction of sp³-hybridized carbons (Fsp3) is 0.625. The topological polar surface area (TPSA) is 29.3 Å². The van der Waals surface area contributed by atoms with Gasteiger partial charge in [-0.15, -0.1) is 0 Å². The summed E-state index contributed by atoms with van der Waals surface area (Å²) in [5.74, 6) is 3.39. The van der Waals surface area contributed by atoms with Crippen LogP contribution in [0.3, 0.4) is 0 Å². The van der Waals surface area contributed by atoms with Crippen LogP contribution in [0.25, 0.3) is 0 Å². The van der Waals surface area contributed by atoms with Gasteiger partial charge in [-0.3, -0.25) is 4.90 Å². The van der Waals surface area contributed by atoms with Gasteiger partial charge in [0, 0.05) is 24.9 Å². The normalized spacial score (nSPS) is 23.0. The molecule has 104 valence electrons. The molecule has 1 aliphatic heterocycles. The molecule has 0 spiro atoms. The summed E-state index contributed by atoms with van der Waals surface area (Å²) in [6.45, 7) is 3.10. The lowest BCUT2D eigenvalue weighted by atomic mass is 10.0. The fourth-order valence-electron chi connectivity index (χ4n) is 2.98. The number of rotatable bonds is 4. The van der Waals surface area contributed by atoms with Crippen molar-refractivity contribution < 1.29 is 0 Å². The van der Waals surface area contributed by atoms with Crippen molar-refractivity contribution in [2.24, 2.45) is 5.73 Å². The second kappa shape index (κ2) is 6.29. The fourth-order valence-corrected chi connectivity index (χ4v) is 3.88. The third-order valence-electron chi connectivity index (χ3n) is 4.29. The van der Waals surface area contributed by atoms with Crippen molar-refractivity contribution >= 4 is 11.8 Å². The SMILES string of the molecule is NCC(c1ccc(C2CC2)cc1)N1CCCSCC1. The van der Waals surface area contributed by atoms with Crippen molar-refractivity contribution in [1.29, 1.82) is 0 Å². The van der Waals surface area contributed by atoms with Crippen molar-refractivity contribution in [3.63, 3.8) is 0 Å². The van der Waals surface area contributed by atoms with E-state index >= 15 is 0 Å². The number of thioether (sulfide) groups is 1. The van der Waals surface area contributed by atoms with Gasteiger partial charge in [0.15, 0.2) is 0 Å². The van der Waals surface area contributed by atoms with Crippen LogP contribution in [0.2, 0.25) is 0 Å². The summed E-state index contributed by atoms with van der Waals surface area (Å²) in [6, 6.07) is 9.67. The van der Waals surface area contributed by atoms with E-state index in [2.05, 4.69) is 40.9 Å². The average molecular weight is 276 g/mol. The Hall–Kier alpha value is -0.510. The first-order chi connectivity index (χ1) is 9.38. The van der Waals surface area contributed by atoms with Crippen molar-refractivity contribution in [2.45, 2.75) is 31.2 Å². The van der Waals surface area contributed by atoms with Crippen molar-refractivity contribution in [3.8, 4) is 0 Å².